The number of ketones is 1. The van der Waals surface area contributed by atoms with Crippen LogP contribution in [0.5, 0.6) is 0 Å². The highest BCUT2D eigenvalue weighted by Crippen LogP contribution is 2.39. The molecule has 0 amide bonds. The molecule has 1 fully saturated rings. The van der Waals surface area contributed by atoms with E-state index in [4.69, 9.17) is 4.98 Å². The summed E-state index contributed by atoms with van der Waals surface area (Å²) in [7, 11) is 1.83. The first kappa shape index (κ1) is 21.1. The summed E-state index contributed by atoms with van der Waals surface area (Å²) in [6, 6.07) is 11.8. The Kier molecular flexibility index (Phi) is 5.50. The predicted octanol–water partition coefficient (Wildman–Crippen LogP) is 4.45. The zero-order chi connectivity index (χ0) is 22.9. The van der Waals surface area contributed by atoms with Gasteiger partial charge in [0.25, 0.3) is 0 Å². The summed E-state index contributed by atoms with van der Waals surface area (Å²) in [5.41, 5.74) is 4.87. The summed E-state index contributed by atoms with van der Waals surface area (Å²) in [4.78, 5) is 22.6. The van der Waals surface area contributed by atoms with E-state index in [2.05, 4.69) is 40.5 Å². The van der Waals surface area contributed by atoms with Crippen LogP contribution in [0.1, 0.15) is 60.4 Å². The van der Waals surface area contributed by atoms with E-state index < -0.39 is 0 Å². The molecule has 0 spiro atoms. The third-order valence-electron chi connectivity index (χ3n) is 5.98. The Morgan fingerprint density at radius 3 is 2.79 bits per heavy atom. The van der Waals surface area contributed by atoms with Gasteiger partial charge in [-0.05, 0) is 57.0 Å². The van der Waals surface area contributed by atoms with Crippen molar-refractivity contribution in [1.29, 1.82) is 0 Å². The number of hydrogen-bond acceptors (Lipinski definition) is 6. The molecule has 8 heteroatoms. The van der Waals surface area contributed by atoms with E-state index in [0.29, 0.717) is 28.7 Å². The number of Topliss-reactive ketones (excluding diaryl/α,β-unsaturated/α-hetero) is 1. The summed E-state index contributed by atoms with van der Waals surface area (Å²) in [6.45, 7) is 4.14. The van der Waals surface area contributed by atoms with Gasteiger partial charge in [0, 0.05) is 47.8 Å². The maximum atomic E-state index is 13.3. The van der Waals surface area contributed by atoms with Gasteiger partial charge in [-0.25, -0.2) is 9.97 Å². The Balaban J connectivity index is 1.42. The molecule has 0 radical (unpaired) electrons. The van der Waals surface area contributed by atoms with Crippen molar-refractivity contribution in [3.8, 4) is 17.2 Å². The molecule has 0 bridgehead atoms. The molecule has 8 nitrogen and oxygen atoms in total. The lowest BCUT2D eigenvalue weighted by Gasteiger charge is -2.12. The molecule has 33 heavy (non-hydrogen) atoms. The van der Waals surface area contributed by atoms with E-state index >= 15 is 0 Å². The molecular weight excluding hydrogens is 414 g/mol. The fourth-order valence-corrected chi connectivity index (χ4v) is 3.98. The maximum Gasteiger partial charge on any atom is 0.182 e. The van der Waals surface area contributed by atoms with E-state index in [1.807, 2.05) is 58.9 Å². The van der Waals surface area contributed by atoms with E-state index in [-0.39, 0.29) is 18.2 Å². The number of hydrogen-bond donors (Lipinski definition) is 1. The number of anilines is 1. The smallest absolute Gasteiger partial charge is 0.182 e. The molecule has 4 aromatic rings. The highest BCUT2D eigenvalue weighted by Gasteiger charge is 2.26. The number of rotatable bonds is 8. The second-order valence-corrected chi connectivity index (χ2v) is 8.73. The van der Waals surface area contributed by atoms with Crippen molar-refractivity contribution in [1.82, 2.24) is 29.3 Å². The molecule has 5 rings (SSSR count). The Bertz CT molecular complexity index is 1300. The van der Waals surface area contributed by atoms with Crippen LogP contribution in [0.25, 0.3) is 17.2 Å². The van der Waals surface area contributed by atoms with Crippen LogP contribution >= 0.6 is 0 Å². The Morgan fingerprint density at radius 2 is 2.03 bits per heavy atom. The summed E-state index contributed by atoms with van der Waals surface area (Å²) < 4.78 is 3.96. The van der Waals surface area contributed by atoms with Crippen LogP contribution in [0, 0.1) is 0 Å². The monoisotopic (exact) mass is 441 g/mol. The van der Waals surface area contributed by atoms with E-state index in [1.54, 1.807) is 6.33 Å². The molecule has 1 aliphatic rings. The van der Waals surface area contributed by atoms with Crippen LogP contribution in [0.2, 0.25) is 0 Å². The molecule has 1 saturated carbocycles. The lowest BCUT2D eigenvalue weighted by Crippen LogP contribution is -2.10. The van der Waals surface area contributed by atoms with Crippen molar-refractivity contribution in [2.75, 3.05) is 12.4 Å². The molecule has 0 atom stereocenters. The zero-order valence-electron chi connectivity index (χ0n) is 19.1. The van der Waals surface area contributed by atoms with E-state index in [9.17, 15) is 4.79 Å². The first-order valence-corrected chi connectivity index (χ1v) is 11.3. The van der Waals surface area contributed by atoms with Crippen LogP contribution in [0.15, 0.2) is 55.2 Å². The summed E-state index contributed by atoms with van der Waals surface area (Å²) in [5.74, 6) is 1.28. The first-order valence-electron chi connectivity index (χ1n) is 11.3. The number of imidazole rings is 1. The fraction of sp³-hybridized carbons (Fsp3) is 0.320. The van der Waals surface area contributed by atoms with Crippen LogP contribution in [0.3, 0.4) is 0 Å². The molecular formula is C25H27N7O. The van der Waals surface area contributed by atoms with Crippen molar-refractivity contribution >= 4 is 11.5 Å². The Hall–Kier alpha value is -3.81. The number of carbonyl (C=O) groups is 1. The third-order valence-corrected chi connectivity index (χ3v) is 5.98. The van der Waals surface area contributed by atoms with E-state index in [1.165, 1.54) is 12.8 Å². The average molecular weight is 442 g/mol. The minimum Gasteiger partial charge on any atom is -0.388 e. The highest BCUT2D eigenvalue weighted by atomic mass is 16.1. The van der Waals surface area contributed by atoms with Crippen molar-refractivity contribution in [2.24, 2.45) is 0 Å². The van der Waals surface area contributed by atoms with Crippen molar-refractivity contribution in [2.45, 2.75) is 45.1 Å². The largest absolute Gasteiger partial charge is 0.388 e. The topological polar surface area (TPSA) is 90.5 Å². The number of pyridine rings is 1. The van der Waals surface area contributed by atoms with Gasteiger partial charge in [-0.2, -0.15) is 0 Å². The van der Waals surface area contributed by atoms with Gasteiger partial charge in [0.1, 0.15) is 12.0 Å². The zero-order valence-corrected chi connectivity index (χ0v) is 19.1. The average Bonchev–Trinajstić information content (AvgIpc) is 3.34. The molecule has 3 heterocycles. The summed E-state index contributed by atoms with van der Waals surface area (Å²) in [5, 5.41) is 11.4. The number of nitrogens with one attached hydrogen (secondary N) is 1. The van der Waals surface area contributed by atoms with Crippen LogP contribution < -0.4 is 5.32 Å². The lowest BCUT2D eigenvalue weighted by atomic mass is 10.0. The molecule has 0 aliphatic heterocycles. The minimum atomic E-state index is -0.00120. The van der Waals surface area contributed by atoms with Crippen LogP contribution in [0.4, 0.5) is 5.69 Å². The van der Waals surface area contributed by atoms with Gasteiger partial charge in [-0.1, -0.05) is 6.07 Å². The molecule has 3 aromatic heterocycles. The van der Waals surface area contributed by atoms with E-state index in [0.717, 1.165) is 17.1 Å². The quantitative estimate of drug-likeness (QED) is 0.406. The molecule has 168 valence electrons. The maximum absolute atomic E-state index is 13.3. The predicted molar refractivity (Wildman–Crippen MR) is 127 cm³/mol. The van der Waals surface area contributed by atoms with Crippen LogP contribution in [-0.4, -0.2) is 42.1 Å². The van der Waals surface area contributed by atoms with Crippen molar-refractivity contribution in [3.63, 3.8) is 0 Å². The number of nitrogens with zero attached hydrogens (tertiary/aromatic N) is 6. The standard InChI is InChI=1S/C25H27N7O/c1-16(2)32-15-28-30-25(32)22-6-4-5-18(29-22)11-24(33)20-12-19(9-10-21(20)26-3)31-13-23(27-14-31)17-7-8-17/h4-6,9-10,12-17,26H,7-8,11H2,1-3H3. The first-order chi connectivity index (χ1) is 16.0. The van der Waals surface area contributed by atoms with Crippen LogP contribution in [-0.2, 0) is 6.42 Å². The van der Waals surface area contributed by atoms with Gasteiger partial charge in [-0.15, -0.1) is 10.2 Å². The Morgan fingerprint density at radius 1 is 1.18 bits per heavy atom. The molecule has 0 saturated heterocycles. The normalized spacial score (nSPS) is 13.5. The molecule has 0 unspecified atom stereocenters. The summed E-state index contributed by atoms with van der Waals surface area (Å²) >= 11 is 0. The lowest BCUT2D eigenvalue weighted by molar-refractivity contribution is 0.0992. The molecule has 1 N–H and O–H groups in total. The third kappa shape index (κ3) is 4.28. The van der Waals surface area contributed by atoms with Gasteiger partial charge in [0.05, 0.1) is 18.4 Å². The van der Waals surface area contributed by atoms with Gasteiger partial charge in [0.2, 0.25) is 0 Å². The van der Waals surface area contributed by atoms with Crippen molar-refractivity contribution in [3.05, 3.63) is 72.2 Å². The number of aromatic nitrogens is 6. The van der Waals surface area contributed by atoms with Gasteiger partial charge in [-0.3, -0.25) is 4.79 Å². The fourth-order valence-electron chi connectivity index (χ4n) is 3.98. The SMILES string of the molecule is CNc1ccc(-n2cnc(C3CC3)c2)cc1C(=O)Cc1cccc(-c2nncn2C(C)C)n1. The van der Waals surface area contributed by atoms with Crippen molar-refractivity contribution < 1.29 is 4.79 Å². The second kappa shape index (κ2) is 8.61. The highest BCUT2D eigenvalue weighted by molar-refractivity contribution is 6.02. The summed E-state index contributed by atoms with van der Waals surface area (Å²) in [6.07, 6.45) is 8.20. The Labute approximate surface area is 192 Å². The number of benzene rings is 1. The van der Waals surface area contributed by atoms with Gasteiger partial charge >= 0.3 is 0 Å². The molecule has 1 aliphatic carbocycles. The van der Waals surface area contributed by atoms with Gasteiger partial charge < -0.3 is 14.5 Å². The number of carbonyl (C=O) groups excluding carboxylic acids is 1. The molecule has 1 aromatic carbocycles. The second-order valence-electron chi connectivity index (χ2n) is 8.73. The minimum absolute atomic E-state index is 0.00120. The van der Waals surface area contributed by atoms with Gasteiger partial charge in [0.15, 0.2) is 11.6 Å².